The molecule has 2 unspecified atom stereocenters. The Hall–Kier alpha value is -2.02. The van der Waals surface area contributed by atoms with E-state index in [1.165, 1.54) is 17.8 Å². The fourth-order valence-electron chi connectivity index (χ4n) is 4.04. The first-order chi connectivity index (χ1) is 13.3. The van der Waals surface area contributed by atoms with Crippen LogP contribution >= 0.6 is 11.8 Å². The van der Waals surface area contributed by atoms with Crippen LogP contribution in [0.2, 0.25) is 0 Å². The van der Waals surface area contributed by atoms with Crippen molar-refractivity contribution in [3.05, 3.63) is 47.3 Å². The second-order valence-corrected chi connectivity index (χ2v) is 8.77. The Balaban J connectivity index is 1.69. The largest absolute Gasteiger partial charge is 0.416 e. The van der Waals surface area contributed by atoms with Gasteiger partial charge in [0.25, 0.3) is 0 Å². The molecule has 1 aromatic heterocycles. The lowest BCUT2D eigenvalue weighted by atomic mass is 9.82. The summed E-state index contributed by atoms with van der Waals surface area (Å²) in [7, 11) is 0. The standard InChI is InChI=1S/C21H21F3N2OS/c1-12-4-2-5-13(8-12)20(27)26-16-9-14(21(22,23)24)10-19-15(16)11-17-18(28-19)6-3-7-25-17/h3,6-7,9-10,12-13H,2,4-5,8,11H2,1H3,(H,26,27). The van der Waals surface area contributed by atoms with Crippen molar-refractivity contribution >= 4 is 23.4 Å². The van der Waals surface area contributed by atoms with Crippen LogP contribution in [0.15, 0.2) is 40.3 Å². The molecular formula is C21H21F3N2OS. The summed E-state index contributed by atoms with van der Waals surface area (Å²) in [5.41, 5.74) is 1.05. The Kier molecular flexibility index (Phi) is 5.12. The number of benzene rings is 1. The average molecular weight is 406 g/mol. The quantitative estimate of drug-likeness (QED) is 0.574. The third-order valence-electron chi connectivity index (χ3n) is 5.51. The molecule has 7 heteroatoms. The number of aromatic nitrogens is 1. The summed E-state index contributed by atoms with van der Waals surface area (Å²) in [4.78, 5) is 18.5. The molecule has 1 aliphatic heterocycles. The predicted octanol–water partition coefficient (Wildman–Crippen LogP) is 5.92. The van der Waals surface area contributed by atoms with Gasteiger partial charge in [-0.2, -0.15) is 13.2 Å². The molecule has 2 atom stereocenters. The van der Waals surface area contributed by atoms with Crippen LogP contribution in [0.5, 0.6) is 0 Å². The number of fused-ring (bicyclic) bond motifs is 2. The molecule has 1 aromatic carbocycles. The Morgan fingerprint density at radius 3 is 2.82 bits per heavy atom. The molecule has 148 valence electrons. The maximum Gasteiger partial charge on any atom is 0.416 e. The average Bonchev–Trinajstić information content (AvgIpc) is 2.65. The summed E-state index contributed by atoms with van der Waals surface area (Å²) >= 11 is 1.28. The van der Waals surface area contributed by atoms with E-state index >= 15 is 0 Å². The number of pyridine rings is 1. The SMILES string of the molecule is CC1CCCC(C(=O)Nc2cc(C(F)(F)F)cc3c2Cc2ncccc2S3)C1. The van der Waals surface area contributed by atoms with Gasteiger partial charge in [-0.15, -0.1) is 0 Å². The molecule has 2 aliphatic rings. The van der Waals surface area contributed by atoms with Crippen molar-refractivity contribution in [2.45, 2.75) is 55.0 Å². The zero-order valence-corrected chi connectivity index (χ0v) is 16.3. The van der Waals surface area contributed by atoms with Crippen LogP contribution in [0, 0.1) is 11.8 Å². The van der Waals surface area contributed by atoms with Crippen LogP contribution in [0.1, 0.15) is 49.4 Å². The highest BCUT2D eigenvalue weighted by Gasteiger charge is 2.34. The topological polar surface area (TPSA) is 42.0 Å². The number of rotatable bonds is 2. The summed E-state index contributed by atoms with van der Waals surface area (Å²) in [5.74, 6) is 0.145. The molecule has 1 N–H and O–H groups in total. The lowest BCUT2D eigenvalue weighted by molar-refractivity contribution is -0.137. The fraction of sp³-hybridized carbons (Fsp3) is 0.429. The highest BCUT2D eigenvalue weighted by molar-refractivity contribution is 7.99. The Morgan fingerprint density at radius 1 is 1.25 bits per heavy atom. The van der Waals surface area contributed by atoms with Crippen LogP contribution in [0.4, 0.5) is 18.9 Å². The van der Waals surface area contributed by atoms with Crippen molar-refractivity contribution in [3.8, 4) is 0 Å². The molecule has 0 bridgehead atoms. The molecule has 1 amide bonds. The molecule has 4 rings (SSSR count). The summed E-state index contributed by atoms with van der Waals surface area (Å²) < 4.78 is 40.3. The summed E-state index contributed by atoms with van der Waals surface area (Å²) in [6.07, 6.45) is 1.27. The third-order valence-corrected chi connectivity index (χ3v) is 6.69. The summed E-state index contributed by atoms with van der Waals surface area (Å²) in [6, 6.07) is 5.88. The molecular weight excluding hydrogens is 385 g/mol. The van der Waals surface area contributed by atoms with Gasteiger partial charge in [0.2, 0.25) is 5.91 Å². The Labute approximate surface area is 166 Å². The molecule has 1 aliphatic carbocycles. The van der Waals surface area contributed by atoms with E-state index in [4.69, 9.17) is 0 Å². The zero-order valence-electron chi connectivity index (χ0n) is 15.5. The molecule has 28 heavy (non-hydrogen) atoms. The van der Waals surface area contributed by atoms with Crippen molar-refractivity contribution in [1.82, 2.24) is 4.98 Å². The maximum absolute atomic E-state index is 13.4. The van der Waals surface area contributed by atoms with Gasteiger partial charge in [0.1, 0.15) is 0 Å². The second kappa shape index (κ2) is 7.43. The lowest BCUT2D eigenvalue weighted by Crippen LogP contribution is -2.28. The van der Waals surface area contributed by atoms with Gasteiger partial charge in [0, 0.05) is 34.0 Å². The van der Waals surface area contributed by atoms with E-state index in [0.29, 0.717) is 22.8 Å². The van der Waals surface area contributed by atoms with Crippen molar-refractivity contribution in [2.24, 2.45) is 11.8 Å². The first-order valence-electron chi connectivity index (χ1n) is 9.48. The van der Waals surface area contributed by atoms with Gasteiger partial charge in [-0.25, -0.2) is 0 Å². The molecule has 2 aromatic rings. The monoisotopic (exact) mass is 406 g/mol. The van der Waals surface area contributed by atoms with Crippen LogP contribution in [-0.4, -0.2) is 10.9 Å². The van der Waals surface area contributed by atoms with Crippen LogP contribution < -0.4 is 5.32 Å². The Bertz CT molecular complexity index is 913. The molecule has 0 radical (unpaired) electrons. The number of nitrogens with one attached hydrogen (secondary N) is 1. The van der Waals surface area contributed by atoms with Gasteiger partial charge in [-0.3, -0.25) is 9.78 Å². The molecule has 3 nitrogen and oxygen atoms in total. The fourth-order valence-corrected chi connectivity index (χ4v) is 5.15. The highest BCUT2D eigenvalue weighted by atomic mass is 32.2. The summed E-state index contributed by atoms with van der Waals surface area (Å²) in [6.45, 7) is 2.12. The lowest BCUT2D eigenvalue weighted by Gasteiger charge is -2.27. The number of carbonyl (C=O) groups excluding carboxylic acids is 1. The number of anilines is 1. The van der Waals surface area contributed by atoms with Crippen LogP contribution in [0.25, 0.3) is 0 Å². The first-order valence-corrected chi connectivity index (χ1v) is 10.3. The van der Waals surface area contributed by atoms with E-state index in [2.05, 4.69) is 17.2 Å². The number of nitrogens with zero attached hydrogens (tertiary/aromatic N) is 1. The van der Waals surface area contributed by atoms with Crippen molar-refractivity contribution in [1.29, 1.82) is 0 Å². The van der Waals surface area contributed by atoms with Crippen molar-refractivity contribution in [3.63, 3.8) is 0 Å². The van der Waals surface area contributed by atoms with Crippen molar-refractivity contribution < 1.29 is 18.0 Å². The predicted molar refractivity (Wildman–Crippen MR) is 102 cm³/mol. The minimum Gasteiger partial charge on any atom is -0.326 e. The molecule has 0 spiro atoms. The number of hydrogen-bond acceptors (Lipinski definition) is 3. The molecule has 2 heterocycles. The normalized spacial score (nSPS) is 21.6. The third kappa shape index (κ3) is 3.90. The van der Waals surface area contributed by atoms with E-state index in [9.17, 15) is 18.0 Å². The van der Waals surface area contributed by atoms with Crippen molar-refractivity contribution in [2.75, 3.05) is 5.32 Å². The molecule has 1 saturated carbocycles. The van der Waals surface area contributed by atoms with Crippen LogP contribution in [0.3, 0.4) is 0 Å². The van der Waals surface area contributed by atoms with E-state index < -0.39 is 11.7 Å². The molecule has 0 saturated heterocycles. The van der Waals surface area contributed by atoms with Crippen LogP contribution in [-0.2, 0) is 17.4 Å². The summed E-state index contributed by atoms with van der Waals surface area (Å²) in [5, 5.41) is 2.82. The second-order valence-electron chi connectivity index (χ2n) is 7.68. The minimum absolute atomic E-state index is 0.143. The maximum atomic E-state index is 13.4. The van der Waals surface area contributed by atoms with E-state index in [1.807, 2.05) is 6.07 Å². The number of hydrogen-bond donors (Lipinski definition) is 1. The van der Waals surface area contributed by atoms with E-state index in [-0.39, 0.29) is 17.5 Å². The highest BCUT2D eigenvalue weighted by Crippen LogP contribution is 2.45. The van der Waals surface area contributed by atoms with Gasteiger partial charge in [-0.1, -0.05) is 31.5 Å². The minimum atomic E-state index is -4.47. The van der Waals surface area contributed by atoms with E-state index in [1.54, 1.807) is 12.3 Å². The van der Waals surface area contributed by atoms with Gasteiger partial charge >= 0.3 is 6.18 Å². The van der Waals surface area contributed by atoms with Gasteiger partial charge in [0.15, 0.2) is 0 Å². The Morgan fingerprint density at radius 2 is 2.07 bits per heavy atom. The first kappa shape index (κ1) is 19.3. The molecule has 1 fully saturated rings. The van der Waals surface area contributed by atoms with Gasteiger partial charge < -0.3 is 5.32 Å². The number of carbonyl (C=O) groups is 1. The number of alkyl halides is 3. The van der Waals surface area contributed by atoms with Gasteiger partial charge in [-0.05, 0) is 48.6 Å². The zero-order chi connectivity index (χ0) is 19.9. The number of amides is 1. The van der Waals surface area contributed by atoms with Gasteiger partial charge in [0.05, 0.1) is 11.3 Å². The number of halogens is 3. The smallest absolute Gasteiger partial charge is 0.326 e. The van der Waals surface area contributed by atoms with E-state index in [0.717, 1.165) is 42.3 Å².